The lowest BCUT2D eigenvalue weighted by Gasteiger charge is -2.05. The predicted molar refractivity (Wildman–Crippen MR) is 50.2 cm³/mol. The van der Waals surface area contributed by atoms with Crippen LogP contribution in [0.1, 0.15) is 0 Å². The Hall–Kier alpha value is -0.700. The molecule has 0 heterocycles. The molecule has 1 aromatic rings. The number of hydrogen-bond acceptors (Lipinski definition) is 2. The Morgan fingerprint density at radius 1 is 1.45 bits per heavy atom. The first-order chi connectivity index (χ1) is 5.27. The number of anilines is 1. The summed E-state index contributed by atoms with van der Waals surface area (Å²) in [5.74, 6) is 0.844. The molecule has 1 rings (SSSR count). The molecule has 3 heteroatoms. The summed E-state index contributed by atoms with van der Waals surface area (Å²) < 4.78 is 6.07. The van der Waals surface area contributed by atoms with Crippen molar-refractivity contribution in [1.82, 2.24) is 0 Å². The molecule has 11 heavy (non-hydrogen) atoms. The van der Waals surface area contributed by atoms with Crippen LogP contribution in [-0.4, -0.2) is 14.2 Å². The van der Waals surface area contributed by atoms with Gasteiger partial charge in [-0.1, -0.05) is 0 Å². The van der Waals surface area contributed by atoms with E-state index in [-0.39, 0.29) is 0 Å². The van der Waals surface area contributed by atoms with Crippen molar-refractivity contribution in [2.75, 3.05) is 19.5 Å². The van der Waals surface area contributed by atoms with E-state index in [0.717, 1.165) is 15.9 Å². The molecule has 0 aliphatic heterocycles. The average molecular weight is 216 g/mol. The van der Waals surface area contributed by atoms with Crippen LogP contribution in [0, 0.1) is 0 Å². The minimum atomic E-state index is 0.844. The van der Waals surface area contributed by atoms with Crippen LogP contribution in [0.2, 0.25) is 0 Å². The van der Waals surface area contributed by atoms with E-state index in [0.29, 0.717) is 0 Å². The van der Waals surface area contributed by atoms with Crippen molar-refractivity contribution >= 4 is 21.6 Å². The maximum absolute atomic E-state index is 5.10. The van der Waals surface area contributed by atoms with Crippen LogP contribution in [0.5, 0.6) is 5.75 Å². The van der Waals surface area contributed by atoms with E-state index in [1.165, 1.54) is 0 Å². The van der Waals surface area contributed by atoms with E-state index in [1.54, 1.807) is 7.11 Å². The summed E-state index contributed by atoms with van der Waals surface area (Å²) in [6, 6.07) is 5.86. The lowest BCUT2D eigenvalue weighted by molar-refractivity contribution is 0.412. The fourth-order valence-electron chi connectivity index (χ4n) is 0.815. The first kappa shape index (κ1) is 8.40. The second-order valence-corrected chi connectivity index (χ2v) is 2.95. The fourth-order valence-corrected chi connectivity index (χ4v) is 1.22. The van der Waals surface area contributed by atoms with Gasteiger partial charge in [-0.05, 0) is 28.1 Å². The molecule has 0 atom stereocenters. The van der Waals surface area contributed by atoms with Gasteiger partial charge in [-0.15, -0.1) is 0 Å². The highest BCUT2D eigenvalue weighted by Crippen LogP contribution is 2.27. The summed E-state index contributed by atoms with van der Waals surface area (Å²) in [5.41, 5.74) is 1.05. The van der Waals surface area contributed by atoms with Gasteiger partial charge in [-0.2, -0.15) is 0 Å². The Balaban J connectivity index is 3.02. The van der Waals surface area contributed by atoms with Gasteiger partial charge in [0.05, 0.1) is 11.6 Å². The third kappa shape index (κ3) is 1.87. The molecular weight excluding hydrogens is 206 g/mol. The number of ether oxygens (including phenoxy) is 1. The van der Waals surface area contributed by atoms with E-state index < -0.39 is 0 Å². The largest absolute Gasteiger partial charge is 0.495 e. The van der Waals surface area contributed by atoms with Crippen molar-refractivity contribution in [3.8, 4) is 5.75 Å². The molecule has 0 radical (unpaired) electrons. The third-order valence-corrected chi connectivity index (χ3v) is 2.09. The normalized spacial score (nSPS) is 9.36. The second-order valence-electron chi connectivity index (χ2n) is 2.10. The predicted octanol–water partition coefficient (Wildman–Crippen LogP) is 2.50. The van der Waals surface area contributed by atoms with E-state index in [4.69, 9.17) is 4.74 Å². The van der Waals surface area contributed by atoms with Gasteiger partial charge < -0.3 is 10.1 Å². The van der Waals surface area contributed by atoms with Gasteiger partial charge in [0.1, 0.15) is 5.75 Å². The van der Waals surface area contributed by atoms with Gasteiger partial charge in [-0.3, -0.25) is 0 Å². The van der Waals surface area contributed by atoms with Gasteiger partial charge in [0.15, 0.2) is 0 Å². The zero-order valence-corrected chi connectivity index (χ0v) is 8.10. The molecule has 0 fully saturated rings. The first-order valence-electron chi connectivity index (χ1n) is 3.29. The molecule has 0 aromatic heterocycles. The van der Waals surface area contributed by atoms with Gasteiger partial charge in [0.2, 0.25) is 0 Å². The summed E-state index contributed by atoms with van der Waals surface area (Å²) in [7, 11) is 3.53. The standard InChI is InChI=1S/C8H10BrNO/c1-10-6-3-4-7(9)8(5-6)11-2/h3-5,10H,1-2H3. The molecule has 0 saturated carbocycles. The summed E-state index contributed by atoms with van der Waals surface area (Å²) in [6.45, 7) is 0. The molecule has 0 unspecified atom stereocenters. The summed E-state index contributed by atoms with van der Waals surface area (Å²) in [6.07, 6.45) is 0. The van der Waals surface area contributed by atoms with Crippen LogP contribution in [0.25, 0.3) is 0 Å². The molecular formula is C8H10BrNO. The maximum atomic E-state index is 5.10. The zero-order chi connectivity index (χ0) is 8.27. The minimum Gasteiger partial charge on any atom is -0.495 e. The maximum Gasteiger partial charge on any atom is 0.135 e. The van der Waals surface area contributed by atoms with Gasteiger partial charge in [0, 0.05) is 18.8 Å². The Bertz CT molecular complexity index is 250. The quantitative estimate of drug-likeness (QED) is 0.819. The first-order valence-corrected chi connectivity index (χ1v) is 4.08. The summed E-state index contributed by atoms with van der Waals surface area (Å²) in [4.78, 5) is 0. The number of benzene rings is 1. The highest BCUT2D eigenvalue weighted by Gasteiger charge is 1.98. The van der Waals surface area contributed by atoms with Crippen LogP contribution >= 0.6 is 15.9 Å². The zero-order valence-electron chi connectivity index (χ0n) is 6.52. The molecule has 0 spiro atoms. The molecule has 0 aliphatic rings. The molecule has 0 amide bonds. The Kier molecular flexibility index (Phi) is 2.76. The second kappa shape index (κ2) is 3.62. The lowest BCUT2D eigenvalue weighted by Crippen LogP contribution is -1.89. The minimum absolute atomic E-state index is 0.844. The van der Waals surface area contributed by atoms with Crippen molar-refractivity contribution in [2.45, 2.75) is 0 Å². The summed E-state index contributed by atoms with van der Waals surface area (Å²) >= 11 is 3.37. The highest BCUT2D eigenvalue weighted by atomic mass is 79.9. The fraction of sp³-hybridized carbons (Fsp3) is 0.250. The Morgan fingerprint density at radius 2 is 2.18 bits per heavy atom. The topological polar surface area (TPSA) is 21.3 Å². The van der Waals surface area contributed by atoms with E-state index in [2.05, 4.69) is 21.2 Å². The van der Waals surface area contributed by atoms with Crippen molar-refractivity contribution in [2.24, 2.45) is 0 Å². The SMILES string of the molecule is CNc1ccc(Br)c(OC)c1. The molecule has 2 nitrogen and oxygen atoms in total. The smallest absolute Gasteiger partial charge is 0.135 e. The molecule has 0 aliphatic carbocycles. The summed E-state index contributed by atoms with van der Waals surface area (Å²) in [5, 5.41) is 3.03. The van der Waals surface area contributed by atoms with Crippen LogP contribution in [0.15, 0.2) is 22.7 Å². The van der Waals surface area contributed by atoms with Crippen LogP contribution in [0.3, 0.4) is 0 Å². The number of halogens is 1. The Morgan fingerprint density at radius 3 is 2.73 bits per heavy atom. The van der Waals surface area contributed by atoms with Crippen molar-refractivity contribution in [3.63, 3.8) is 0 Å². The van der Waals surface area contributed by atoms with Crippen molar-refractivity contribution in [3.05, 3.63) is 22.7 Å². The molecule has 0 bridgehead atoms. The van der Waals surface area contributed by atoms with Crippen LogP contribution < -0.4 is 10.1 Å². The lowest BCUT2D eigenvalue weighted by atomic mass is 10.3. The Labute approximate surface area is 74.7 Å². The third-order valence-electron chi connectivity index (χ3n) is 1.44. The molecule has 60 valence electrons. The highest BCUT2D eigenvalue weighted by molar-refractivity contribution is 9.10. The van der Waals surface area contributed by atoms with E-state index >= 15 is 0 Å². The van der Waals surface area contributed by atoms with E-state index in [1.807, 2.05) is 25.2 Å². The van der Waals surface area contributed by atoms with Crippen LogP contribution in [-0.2, 0) is 0 Å². The number of nitrogens with one attached hydrogen (secondary N) is 1. The molecule has 1 aromatic carbocycles. The number of rotatable bonds is 2. The number of methoxy groups -OCH3 is 1. The van der Waals surface area contributed by atoms with Crippen molar-refractivity contribution < 1.29 is 4.74 Å². The van der Waals surface area contributed by atoms with Gasteiger partial charge in [0.25, 0.3) is 0 Å². The number of hydrogen-bond donors (Lipinski definition) is 1. The van der Waals surface area contributed by atoms with Crippen LogP contribution in [0.4, 0.5) is 5.69 Å². The monoisotopic (exact) mass is 215 g/mol. The molecule has 1 N–H and O–H groups in total. The average Bonchev–Trinajstić information content (AvgIpc) is 2.05. The van der Waals surface area contributed by atoms with Gasteiger partial charge in [-0.25, -0.2) is 0 Å². The molecule has 0 saturated heterocycles. The van der Waals surface area contributed by atoms with E-state index in [9.17, 15) is 0 Å². The van der Waals surface area contributed by atoms with Gasteiger partial charge >= 0.3 is 0 Å². The van der Waals surface area contributed by atoms with Crippen molar-refractivity contribution in [1.29, 1.82) is 0 Å².